The molecule has 160 valence electrons. The van der Waals surface area contributed by atoms with E-state index in [1.54, 1.807) is 11.9 Å². The van der Waals surface area contributed by atoms with E-state index in [9.17, 15) is 14.7 Å². The van der Waals surface area contributed by atoms with Crippen LogP contribution in [0.5, 0.6) is 0 Å². The summed E-state index contributed by atoms with van der Waals surface area (Å²) in [5.41, 5.74) is 3.10. The number of aryl methyl sites for hydroxylation is 2. The van der Waals surface area contributed by atoms with Crippen LogP contribution in [0.1, 0.15) is 47.8 Å². The third-order valence-corrected chi connectivity index (χ3v) is 6.98. The zero-order valence-corrected chi connectivity index (χ0v) is 17.9. The zero-order chi connectivity index (χ0) is 21.5. The molecule has 0 aliphatic carbocycles. The minimum Gasteiger partial charge on any atom is -0.391 e. The van der Waals surface area contributed by atoms with E-state index in [1.807, 2.05) is 49.1 Å². The van der Waals surface area contributed by atoms with Crippen molar-refractivity contribution in [2.75, 3.05) is 20.1 Å². The Hall–Kier alpha value is -2.67. The van der Waals surface area contributed by atoms with Crippen LogP contribution in [0, 0.1) is 19.3 Å². The molecule has 0 saturated carbocycles. The third kappa shape index (κ3) is 3.51. The fourth-order valence-electron chi connectivity index (χ4n) is 5.15. The number of nitrogens with zero attached hydrogens (tertiary/aromatic N) is 3. The summed E-state index contributed by atoms with van der Waals surface area (Å²) in [7, 11) is 1.78. The number of amides is 2. The Morgan fingerprint density at radius 1 is 1.23 bits per heavy atom. The molecule has 30 heavy (non-hydrogen) atoms. The van der Waals surface area contributed by atoms with Gasteiger partial charge in [0.15, 0.2) is 0 Å². The van der Waals surface area contributed by atoms with E-state index in [0.29, 0.717) is 38.8 Å². The van der Waals surface area contributed by atoms with E-state index in [1.165, 1.54) is 0 Å². The summed E-state index contributed by atoms with van der Waals surface area (Å²) in [6.45, 7) is 4.90. The molecule has 2 aromatic rings. The number of piperidine rings is 2. The lowest BCUT2D eigenvalue weighted by atomic mass is 9.68. The summed E-state index contributed by atoms with van der Waals surface area (Å²) < 4.78 is 0. The average Bonchev–Trinajstić information content (AvgIpc) is 3.05. The summed E-state index contributed by atoms with van der Waals surface area (Å²) in [6, 6.07) is 9.38. The van der Waals surface area contributed by atoms with Crippen molar-refractivity contribution in [1.29, 1.82) is 0 Å². The summed E-state index contributed by atoms with van der Waals surface area (Å²) in [5, 5.41) is 18.0. The molecule has 2 amide bonds. The number of aromatic amines is 1. The molecular formula is C23H30N4O3. The number of likely N-dealkylation sites (tertiary alicyclic amines) is 2. The molecule has 2 fully saturated rings. The smallest absolute Gasteiger partial charge is 0.229 e. The molecule has 0 radical (unpaired) electrons. The second-order valence-electron chi connectivity index (χ2n) is 8.79. The molecule has 3 heterocycles. The molecule has 2 atom stereocenters. The number of likely N-dealkylation sites (N-methyl/N-ethyl adjacent to an activating group) is 1. The molecule has 4 rings (SSSR count). The Labute approximate surface area is 177 Å². The average molecular weight is 411 g/mol. The second kappa shape index (κ2) is 7.87. The van der Waals surface area contributed by atoms with Crippen LogP contribution in [-0.2, 0) is 16.0 Å². The topological polar surface area (TPSA) is 89.5 Å². The number of carbonyl (C=O) groups excluding carboxylic acids is 2. The molecule has 2 aliphatic rings. The lowest BCUT2D eigenvalue weighted by Gasteiger charge is -2.50. The third-order valence-electron chi connectivity index (χ3n) is 6.98. The van der Waals surface area contributed by atoms with Gasteiger partial charge >= 0.3 is 0 Å². The van der Waals surface area contributed by atoms with E-state index >= 15 is 0 Å². The van der Waals surface area contributed by atoms with Gasteiger partial charge in [-0.3, -0.25) is 14.7 Å². The summed E-state index contributed by atoms with van der Waals surface area (Å²) in [4.78, 5) is 29.7. The van der Waals surface area contributed by atoms with E-state index < -0.39 is 11.5 Å². The van der Waals surface area contributed by atoms with Crippen molar-refractivity contribution in [2.45, 2.75) is 51.7 Å². The van der Waals surface area contributed by atoms with Crippen molar-refractivity contribution >= 4 is 11.8 Å². The Morgan fingerprint density at radius 2 is 1.90 bits per heavy atom. The molecule has 0 unspecified atom stereocenters. The van der Waals surface area contributed by atoms with Crippen LogP contribution in [0.15, 0.2) is 30.3 Å². The Balaban J connectivity index is 1.44. The van der Waals surface area contributed by atoms with Crippen LogP contribution >= 0.6 is 0 Å². The highest BCUT2D eigenvalue weighted by Gasteiger charge is 2.51. The first-order chi connectivity index (χ1) is 14.3. The summed E-state index contributed by atoms with van der Waals surface area (Å²) in [6.07, 6.45) is 1.33. The number of aliphatic hydroxyl groups is 1. The second-order valence-corrected chi connectivity index (χ2v) is 8.79. The highest BCUT2D eigenvalue weighted by atomic mass is 16.3. The van der Waals surface area contributed by atoms with E-state index in [0.717, 1.165) is 22.5 Å². The molecule has 7 nitrogen and oxygen atoms in total. The number of hydrogen-bond donors (Lipinski definition) is 2. The maximum atomic E-state index is 13.4. The van der Waals surface area contributed by atoms with Gasteiger partial charge < -0.3 is 14.9 Å². The number of H-pyrrole nitrogens is 1. The van der Waals surface area contributed by atoms with Gasteiger partial charge in [0.2, 0.25) is 11.8 Å². The molecule has 2 saturated heterocycles. The van der Waals surface area contributed by atoms with Crippen LogP contribution in [0.25, 0.3) is 0 Å². The normalized spacial score (nSPS) is 23.8. The zero-order valence-electron chi connectivity index (χ0n) is 17.9. The maximum absolute atomic E-state index is 13.4. The number of hydrogen-bond acceptors (Lipinski definition) is 4. The van der Waals surface area contributed by atoms with Gasteiger partial charge in [0, 0.05) is 31.4 Å². The van der Waals surface area contributed by atoms with E-state index in [4.69, 9.17) is 0 Å². The quantitative estimate of drug-likeness (QED) is 0.811. The van der Waals surface area contributed by atoms with Gasteiger partial charge in [0.25, 0.3) is 0 Å². The van der Waals surface area contributed by atoms with Gasteiger partial charge in [0.05, 0.1) is 29.7 Å². The van der Waals surface area contributed by atoms with Crippen LogP contribution in [0.2, 0.25) is 0 Å². The first-order valence-corrected chi connectivity index (χ1v) is 10.6. The maximum Gasteiger partial charge on any atom is 0.229 e. The number of aromatic nitrogens is 2. The van der Waals surface area contributed by atoms with Crippen LogP contribution in [0.3, 0.4) is 0 Å². The van der Waals surface area contributed by atoms with Gasteiger partial charge in [-0.25, -0.2) is 0 Å². The predicted octanol–water partition coefficient (Wildman–Crippen LogP) is 2.14. The van der Waals surface area contributed by atoms with Crippen LogP contribution in [0.4, 0.5) is 0 Å². The summed E-state index contributed by atoms with van der Waals surface area (Å²) in [5.74, 6) is 0.145. The van der Waals surface area contributed by atoms with Gasteiger partial charge in [-0.1, -0.05) is 30.3 Å². The minimum absolute atomic E-state index is 0.0665. The van der Waals surface area contributed by atoms with Gasteiger partial charge in [-0.2, -0.15) is 5.10 Å². The standard InChI is InChI=1S/C23H30N4O3/c1-15-18(16(2)25-24-15)13-20(29)27-11-9-23(10-12-27)14-19(28)21(26(3)22(23)30)17-7-5-4-6-8-17/h4-8,19,21,28H,9-14H2,1-3H3,(H,24,25)/t19-,21+/m1/s1. The van der Waals surface area contributed by atoms with Crippen LogP contribution in [-0.4, -0.2) is 63.2 Å². The first-order valence-electron chi connectivity index (χ1n) is 10.6. The molecule has 7 heteroatoms. The fourth-order valence-corrected chi connectivity index (χ4v) is 5.15. The van der Waals surface area contributed by atoms with Crippen molar-refractivity contribution in [1.82, 2.24) is 20.0 Å². The largest absolute Gasteiger partial charge is 0.391 e. The van der Waals surface area contributed by atoms with Crippen molar-refractivity contribution in [3.63, 3.8) is 0 Å². The van der Waals surface area contributed by atoms with Crippen LogP contribution < -0.4 is 0 Å². The van der Waals surface area contributed by atoms with E-state index in [-0.39, 0.29) is 17.9 Å². The van der Waals surface area contributed by atoms with Crippen molar-refractivity contribution in [3.8, 4) is 0 Å². The minimum atomic E-state index is -0.617. The summed E-state index contributed by atoms with van der Waals surface area (Å²) >= 11 is 0. The molecular weight excluding hydrogens is 380 g/mol. The van der Waals surface area contributed by atoms with Gasteiger partial charge in [-0.05, 0) is 38.7 Å². The monoisotopic (exact) mass is 410 g/mol. The lowest BCUT2D eigenvalue weighted by molar-refractivity contribution is -0.163. The molecule has 2 N–H and O–H groups in total. The van der Waals surface area contributed by atoms with Crippen molar-refractivity contribution in [3.05, 3.63) is 52.8 Å². The molecule has 1 aromatic carbocycles. The SMILES string of the molecule is Cc1n[nH]c(C)c1CC(=O)N1CCC2(CC1)C[C@@H](O)[C@H](c1ccccc1)N(C)C2=O. The van der Waals surface area contributed by atoms with Crippen molar-refractivity contribution < 1.29 is 14.7 Å². The number of rotatable bonds is 3. The Morgan fingerprint density at radius 3 is 2.50 bits per heavy atom. The van der Waals surface area contributed by atoms with Crippen molar-refractivity contribution in [2.24, 2.45) is 5.41 Å². The predicted molar refractivity (Wildman–Crippen MR) is 113 cm³/mol. The Bertz CT molecular complexity index is 912. The number of benzene rings is 1. The van der Waals surface area contributed by atoms with Gasteiger partial charge in [0.1, 0.15) is 0 Å². The number of nitrogens with one attached hydrogen (secondary N) is 1. The molecule has 0 bridgehead atoms. The Kier molecular flexibility index (Phi) is 5.40. The van der Waals surface area contributed by atoms with Gasteiger partial charge in [-0.15, -0.1) is 0 Å². The molecule has 1 spiro atoms. The number of aliphatic hydroxyl groups excluding tert-OH is 1. The lowest BCUT2D eigenvalue weighted by Crippen LogP contribution is -2.58. The highest BCUT2D eigenvalue weighted by Crippen LogP contribution is 2.46. The number of carbonyl (C=O) groups is 2. The highest BCUT2D eigenvalue weighted by molar-refractivity contribution is 5.85. The first kappa shape index (κ1) is 20.6. The molecule has 1 aromatic heterocycles. The fraction of sp³-hybridized carbons (Fsp3) is 0.522. The van der Waals surface area contributed by atoms with E-state index in [2.05, 4.69) is 10.2 Å². The molecule has 2 aliphatic heterocycles.